The van der Waals surface area contributed by atoms with Crippen LogP contribution in [0.3, 0.4) is 0 Å². The number of pyridine rings is 1. The van der Waals surface area contributed by atoms with Crippen LogP contribution < -0.4 is 0 Å². The van der Waals surface area contributed by atoms with Gasteiger partial charge in [0.15, 0.2) is 5.78 Å². The van der Waals surface area contributed by atoms with Crippen LogP contribution in [0.25, 0.3) is 0 Å². The lowest BCUT2D eigenvalue weighted by molar-refractivity contribution is 0.0977. The Morgan fingerprint density at radius 1 is 1.38 bits per heavy atom. The molecule has 0 radical (unpaired) electrons. The van der Waals surface area contributed by atoms with Gasteiger partial charge in [0.25, 0.3) is 0 Å². The molecule has 4 heteroatoms. The highest BCUT2D eigenvalue weighted by atomic mass is 79.9. The molecule has 2 rings (SSSR count). The molecule has 0 fully saturated rings. The second kappa shape index (κ2) is 5.37. The highest BCUT2D eigenvalue weighted by molar-refractivity contribution is 9.10. The summed E-state index contributed by atoms with van der Waals surface area (Å²) < 4.78 is 0.770. The molecule has 0 amide bonds. The van der Waals surface area contributed by atoms with Gasteiger partial charge < -0.3 is 0 Å². The second-order valence-electron chi connectivity index (χ2n) is 3.34. The van der Waals surface area contributed by atoms with Crippen molar-refractivity contribution >= 4 is 33.0 Å². The third-order valence-corrected chi connectivity index (χ3v) is 3.78. The lowest BCUT2D eigenvalue weighted by atomic mass is 10.1. The number of aryl methyl sites for hydroxylation is 1. The van der Waals surface area contributed by atoms with Crippen LogP contribution in [0.5, 0.6) is 0 Å². The van der Waals surface area contributed by atoms with E-state index < -0.39 is 0 Å². The Labute approximate surface area is 106 Å². The summed E-state index contributed by atoms with van der Waals surface area (Å²) in [5, 5.41) is 2.02. The number of aromatic nitrogens is 1. The Morgan fingerprint density at radius 3 is 2.94 bits per heavy atom. The van der Waals surface area contributed by atoms with Gasteiger partial charge >= 0.3 is 0 Å². The zero-order chi connectivity index (χ0) is 11.4. The van der Waals surface area contributed by atoms with Crippen LogP contribution in [0.1, 0.15) is 21.8 Å². The number of rotatable bonds is 4. The van der Waals surface area contributed by atoms with Gasteiger partial charge in [-0.1, -0.05) is 6.07 Å². The largest absolute Gasteiger partial charge is 0.292 e. The molecule has 0 aliphatic heterocycles. The quantitative estimate of drug-likeness (QED) is 0.805. The fraction of sp³-hybridized carbons (Fsp3) is 0.167. The number of thiophene rings is 1. The van der Waals surface area contributed by atoms with E-state index in [2.05, 4.69) is 20.9 Å². The number of ketones is 1. The maximum absolute atomic E-state index is 11.9. The van der Waals surface area contributed by atoms with Gasteiger partial charge in [0, 0.05) is 22.0 Å². The number of nitrogens with zero attached hydrogens (tertiary/aromatic N) is 1. The molecule has 0 aliphatic rings. The maximum atomic E-state index is 11.9. The minimum atomic E-state index is 0.0841. The average molecular weight is 296 g/mol. The number of carbonyl (C=O) groups excluding carboxylic acids is 1. The minimum absolute atomic E-state index is 0.0841. The lowest BCUT2D eigenvalue weighted by Gasteiger charge is -2.01. The van der Waals surface area contributed by atoms with Crippen molar-refractivity contribution in [3.05, 3.63) is 50.9 Å². The number of hydrogen-bond acceptors (Lipinski definition) is 3. The Morgan fingerprint density at radius 2 is 2.25 bits per heavy atom. The van der Waals surface area contributed by atoms with Crippen LogP contribution in [-0.2, 0) is 6.42 Å². The van der Waals surface area contributed by atoms with Gasteiger partial charge in [0.05, 0.1) is 0 Å². The summed E-state index contributed by atoms with van der Waals surface area (Å²) in [6, 6.07) is 7.69. The summed E-state index contributed by atoms with van der Waals surface area (Å²) >= 11 is 5.01. The molecule has 0 saturated heterocycles. The third kappa shape index (κ3) is 2.77. The predicted molar refractivity (Wildman–Crippen MR) is 68.9 cm³/mol. The van der Waals surface area contributed by atoms with Crippen molar-refractivity contribution in [2.75, 3.05) is 0 Å². The molecule has 16 heavy (non-hydrogen) atoms. The van der Waals surface area contributed by atoms with E-state index in [1.807, 2.05) is 23.6 Å². The molecule has 0 unspecified atom stereocenters. The Hall–Kier alpha value is -1.00. The van der Waals surface area contributed by atoms with Crippen LogP contribution in [-0.4, -0.2) is 10.8 Å². The van der Waals surface area contributed by atoms with Crippen LogP contribution in [0, 0.1) is 0 Å². The molecule has 2 aromatic rings. The zero-order valence-corrected chi connectivity index (χ0v) is 10.9. The number of carbonyl (C=O) groups is 1. The standard InChI is InChI=1S/C12H10BrNOS/c13-10-4-1-7-14-12(10)11(15)6-5-9-3-2-8-16-9/h1-4,7-8H,5-6H2. The molecule has 0 aromatic carbocycles. The van der Waals surface area contributed by atoms with Crippen LogP contribution in [0.2, 0.25) is 0 Å². The summed E-state index contributed by atoms with van der Waals surface area (Å²) in [4.78, 5) is 17.2. The summed E-state index contributed by atoms with van der Waals surface area (Å²) in [7, 11) is 0. The van der Waals surface area contributed by atoms with Gasteiger partial charge in [-0.25, -0.2) is 0 Å². The highest BCUT2D eigenvalue weighted by Gasteiger charge is 2.11. The molecular formula is C12H10BrNOS. The van der Waals surface area contributed by atoms with E-state index in [9.17, 15) is 4.79 Å². The first-order valence-electron chi connectivity index (χ1n) is 4.93. The summed E-state index contributed by atoms with van der Waals surface area (Å²) in [6.07, 6.45) is 2.94. The van der Waals surface area contributed by atoms with Crippen molar-refractivity contribution in [3.8, 4) is 0 Å². The van der Waals surface area contributed by atoms with E-state index in [0.29, 0.717) is 12.1 Å². The van der Waals surface area contributed by atoms with Crippen molar-refractivity contribution in [1.29, 1.82) is 0 Å². The van der Waals surface area contributed by atoms with E-state index in [1.54, 1.807) is 23.6 Å². The van der Waals surface area contributed by atoms with Crippen molar-refractivity contribution in [2.45, 2.75) is 12.8 Å². The first-order valence-corrected chi connectivity index (χ1v) is 6.61. The molecule has 0 bridgehead atoms. The fourth-order valence-electron chi connectivity index (χ4n) is 1.40. The molecule has 0 N–H and O–H groups in total. The Kier molecular flexibility index (Phi) is 3.85. The van der Waals surface area contributed by atoms with Gasteiger partial charge in [-0.3, -0.25) is 9.78 Å². The van der Waals surface area contributed by atoms with Crippen LogP contribution >= 0.6 is 27.3 Å². The number of Topliss-reactive ketones (excluding diaryl/α,β-unsaturated/α-hetero) is 1. The molecule has 2 heterocycles. The first-order chi connectivity index (χ1) is 7.77. The molecule has 2 nitrogen and oxygen atoms in total. The normalized spacial score (nSPS) is 10.3. The van der Waals surface area contributed by atoms with Gasteiger partial charge in [-0.2, -0.15) is 0 Å². The van der Waals surface area contributed by atoms with E-state index in [0.717, 1.165) is 10.9 Å². The van der Waals surface area contributed by atoms with Crippen LogP contribution in [0.4, 0.5) is 0 Å². The van der Waals surface area contributed by atoms with Crippen LogP contribution in [0.15, 0.2) is 40.3 Å². The second-order valence-corrected chi connectivity index (χ2v) is 5.22. The molecular weight excluding hydrogens is 286 g/mol. The topological polar surface area (TPSA) is 30.0 Å². The Balaban J connectivity index is 2.01. The monoisotopic (exact) mass is 295 g/mol. The minimum Gasteiger partial charge on any atom is -0.292 e. The molecule has 82 valence electrons. The third-order valence-electron chi connectivity index (χ3n) is 2.20. The molecule has 0 atom stereocenters. The van der Waals surface area contributed by atoms with Gasteiger partial charge in [0.1, 0.15) is 5.69 Å². The average Bonchev–Trinajstić information content (AvgIpc) is 2.79. The van der Waals surface area contributed by atoms with E-state index >= 15 is 0 Å². The molecule has 0 spiro atoms. The van der Waals surface area contributed by atoms with Crippen molar-refractivity contribution < 1.29 is 4.79 Å². The van der Waals surface area contributed by atoms with Gasteiger partial charge in [-0.15, -0.1) is 11.3 Å². The first kappa shape index (κ1) is 11.5. The molecule has 0 aliphatic carbocycles. The van der Waals surface area contributed by atoms with Gasteiger partial charge in [0.2, 0.25) is 0 Å². The fourth-order valence-corrected chi connectivity index (χ4v) is 2.59. The van der Waals surface area contributed by atoms with Crippen molar-refractivity contribution in [3.63, 3.8) is 0 Å². The maximum Gasteiger partial charge on any atom is 0.182 e. The summed E-state index contributed by atoms with van der Waals surface area (Å²) in [5.74, 6) is 0.0841. The van der Waals surface area contributed by atoms with E-state index in [-0.39, 0.29) is 5.78 Å². The van der Waals surface area contributed by atoms with E-state index in [1.165, 1.54) is 4.88 Å². The number of halogens is 1. The summed E-state index contributed by atoms with van der Waals surface area (Å²) in [5.41, 5.74) is 0.527. The SMILES string of the molecule is O=C(CCc1cccs1)c1ncccc1Br. The Bertz CT molecular complexity index is 482. The van der Waals surface area contributed by atoms with Gasteiger partial charge in [-0.05, 0) is 45.9 Å². The predicted octanol–water partition coefficient (Wildman–Crippen LogP) is 3.72. The molecule has 0 saturated carbocycles. The summed E-state index contributed by atoms with van der Waals surface area (Å²) in [6.45, 7) is 0. The number of hydrogen-bond donors (Lipinski definition) is 0. The molecule has 2 aromatic heterocycles. The highest BCUT2D eigenvalue weighted by Crippen LogP contribution is 2.17. The van der Waals surface area contributed by atoms with Crippen molar-refractivity contribution in [2.24, 2.45) is 0 Å². The van der Waals surface area contributed by atoms with E-state index in [4.69, 9.17) is 0 Å². The van der Waals surface area contributed by atoms with Crippen molar-refractivity contribution in [1.82, 2.24) is 4.98 Å². The smallest absolute Gasteiger partial charge is 0.182 e. The lowest BCUT2D eigenvalue weighted by Crippen LogP contribution is -2.04. The zero-order valence-electron chi connectivity index (χ0n) is 8.52.